The molecule has 1 atom stereocenters. The lowest BCUT2D eigenvalue weighted by Gasteiger charge is -2.12. The van der Waals surface area contributed by atoms with Crippen LogP contribution in [0.4, 0.5) is 0 Å². The fraction of sp³-hybridized carbons (Fsp3) is 0.0909. The van der Waals surface area contributed by atoms with Crippen molar-refractivity contribution in [2.75, 3.05) is 0 Å². The highest BCUT2D eigenvalue weighted by Crippen LogP contribution is 2.41. The van der Waals surface area contributed by atoms with E-state index >= 15 is 0 Å². The smallest absolute Gasteiger partial charge is 0.157 e. The number of benzene rings is 6. The Hall–Kier alpha value is -6.00. The van der Waals surface area contributed by atoms with Gasteiger partial charge in [0.15, 0.2) is 5.84 Å². The van der Waals surface area contributed by atoms with Crippen LogP contribution in [-0.4, -0.2) is 11.7 Å². The highest BCUT2D eigenvalue weighted by atomic mass is 16.3. The van der Waals surface area contributed by atoms with Crippen LogP contribution in [0.2, 0.25) is 0 Å². The Morgan fingerprint density at radius 2 is 1.46 bits per heavy atom. The molecule has 2 N–H and O–H groups in total. The molecule has 232 valence electrons. The number of furan rings is 1. The summed E-state index contributed by atoms with van der Waals surface area (Å²) in [6.45, 7) is 2.70. The van der Waals surface area contributed by atoms with Gasteiger partial charge in [0.2, 0.25) is 0 Å². The van der Waals surface area contributed by atoms with E-state index in [-0.39, 0.29) is 0 Å². The van der Waals surface area contributed by atoms with Gasteiger partial charge in [0.1, 0.15) is 17.2 Å². The average Bonchev–Trinajstić information content (AvgIpc) is 3.54. The van der Waals surface area contributed by atoms with Gasteiger partial charge in [-0.25, -0.2) is 4.99 Å². The molecule has 7 aromatic rings. The third-order valence-corrected chi connectivity index (χ3v) is 9.18. The standard InChI is InChI=1S/C44H35N3O/c1-29-10-7-18-39-41-38(17-9-19-40(41)48-42(29)39)36-15-8-16-37(27-36)43(45)47-44(33-12-3-2-4-13-33)46-28-30-20-22-32(23-21-30)35-25-24-31-11-5-6-14-34(31)26-35/h2-9,11-27,29H,10,28H2,1H3,(H2,45,46,47). The highest BCUT2D eigenvalue weighted by Gasteiger charge is 2.22. The van der Waals surface area contributed by atoms with Gasteiger partial charge >= 0.3 is 0 Å². The molecular weight excluding hydrogens is 587 g/mol. The summed E-state index contributed by atoms with van der Waals surface area (Å²) in [6, 6.07) is 48.2. The summed E-state index contributed by atoms with van der Waals surface area (Å²) in [7, 11) is 0. The third-order valence-electron chi connectivity index (χ3n) is 9.18. The molecule has 0 aliphatic heterocycles. The fourth-order valence-corrected chi connectivity index (χ4v) is 6.60. The van der Waals surface area contributed by atoms with Crippen molar-refractivity contribution in [1.82, 2.24) is 0 Å². The number of rotatable bonds is 6. The number of nitrogens with zero attached hydrogens (tertiary/aromatic N) is 2. The first-order valence-electron chi connectivity index (χ1n) is 16.5. The first kappa shape index (κ1) is 29.4. The van der Waals surface area contributed by atoms with Crippen molar-refractivity contribution in [3.05, 3.63) is 174 Å². The van der Waals surface area contributed by atoms with Crippen LogP contribution < -0.4 is 5.73 Å². The summed E-state index contributed by atoms with van der Waals surface area (Å²) in [6.07, 6.45) is 5.43. The van der Waals surface area contributed by atoms with Gasteiger partial charge in [-0.05, 0) is 63.2 Å². The molecule has 1 aliphatic rings. The van der Waals surface area contributed by atoms with Crippen molar-refractivity contribution >= 4 is 39.5 Å². The minimum atomic E-state index is 0.359. The van der Waals surface area contributed by atoms with E-state index in [1.807, 2.05) is 42.5 Å². The first-order chi connectivity index (χ1) is 23.6. The van der Waals surface area contributed by atoms with E-state index < -0.39 is 0 Å². The molecular formula is C44H35N3O. The molecule has 0 amide bonds. The van der Waals surface area contributed by atoms with Gasteiger partial charge in [0, 0.05) is 28.0 Å². The van der Waals surface area contributed by atoms with Crippen LogP contribution in [0.1, 0.15) is 47.3 Å². The van der Waals surface area contributed by atoms with E-state index in [1.54, 1.807) is 0 Å². The zero-order valence-corrected chi connectivity index (χ0v) is 26.8. The van der Waals surface area contributed by atoms with Crippen molar-refractivity contribution in [2.24, 2.45) is 15.7 Å². The summed E-state index contributed by atoms with van der Waals surface area (Å²) < 4.78 is 6.34. The van der Waals surface area contributed by atoms with Gasteiger partial charge in [-0.1, -0.05) is 140 Å². The minimum Gasteiger partial charge on any atom is -0.460 e. The van der Waals surface area contributed by atoms with Gasteiger partial charge in [0.25, 0.3) is 0 Å². The van der Waals surface area contributed by atoms with E-state index in [0.29, 0.717) is 24.1 Å². The average molecular weight is 622 g/mol. The SMILES string of the molecule is CC1CC=Cc2c1oc1cccc(-c3cccc(/C(N)=N/C(=N\Cc4ccc(-c5ccc6ccccc6c5)cc4)c4ccccc4)c3)c21. The topological polar surface area (TPSA) is 63.9 Å². The van der Waals surface area contributed by atoms with Crippen molar-refractivity contribution in [3.63, 3.8) is 0 Å². The molecule has 1 heterocycles. The van der Waals surface area contributed by atoms with E-state index in [9.17, 15) is 0 Å². The predicted octanol–water partition coefficient (Wildman–Crippen LogP) is 10.8. The molecule has 48 heavy (non-hydrogen) atoms. The van der Waals surface area contributed by atoms with Crippen molar-refractivity contribution in [3.8, 4) is 22.3 Å². The number of hydrogen-bond acceptors (Lipinski definition) is 2. The van der Waals surface area contributed by atoms with Crippen molar-refractivity contribution < 1.29 is 4.42 Å². The monoisotopic (exact) mass is 621 g/mol. The Kier molecular flexibility index (Phi) is 7.75. The zero-order chi connectivity index (χ0) is 32.5. The molecule has 0 bridgehead atoms. The second-order valence-electron chi connectivity index (χ2n) is 12.4. The van der Waals surface area contributed by atoms with Crippen LogP contribution in [0.15, 0.2) is 160 Å². The van der Waals surface area contributed by atoms with Crippen LogP contribution in [0.25, 0.3) is 50.1 Å². The number of amidine groups is 2. The predicted molar refractivity (Wildman–Crippen MR) is 201 cm³/mol. The Morgan fingerprint density at radius 1 is 0.708 bits per heavy atom. The Labute approximate surface area is 280 Å². The molecule has 4 nitrogen and oxygen atoms in total. The number of fused-ring (bicyclic) bond motifs is 4. The van der Waals surface area contributed by atoms with Crippen LogP contribution in [0.5, 0.6) is 0 Å². The van der Waals surface area contributed by atoms with Crippen molar-refractivity contribution in [1.29, 1.82) is 0 Å². The largest absolute Gasteiger partial charge is 0.460 e. The summed E-state index contributed by atoms with van der Waals surface area (Å²) in [5, 5.41) is 3.62. The molecule has 8 rings (SSSR count). The summed E-state index contributed by atoms with van der Waals surface area (Å²) >= 11 is 0. The Morgan fingerprint density at radius 3 is 2.31 bits per heavy atom. The minimum absolute atomic E-state index is 0.359. The van der Waals surface area contributed by atoms with E-state index in [1.165, 1.54) is 27.5 Å². The van der Waals surface area contributed by atoms with Gasteiger partial charge in [-0.3, -0.25) is 4.99 Å². The molecule has 6 aromatic carbocycles. The van der Waals surface area contributed by atoms with Crippen molar-refractivity contribution in [2.45, 2.75) is 25.8 Å². The second kappa shape index (κ2) is 12.7. The molecule has 0 spiro atoms. The first-order valence-corrected chi connectivity index (χ1v) is 16.5. The van der Waals surface area contributed by atoms with E-state index in [4.69, 9.17) is 20.1 Å². The number of hydrogen-bond donors (Lipinski definition) is 1. The fourth-order valence-electron chi connectivity index (χ4n) is 6.60. The Bertz CT molecular complexity index is 2360. The molecule has 1 unspecified atom stereocenters. The second-order valence-corrected chi connectivity index (χ2v) is 12.4. The number of allylic oxidation sites excluding steroid dienone is 1. The van der Waals surface area contributed by atoms with Crippen LogP contribution in [0, 0.1) is 0 Å². The summed E-state index contributed by atoms with van der Waals surface area (Å²) in [5.74, 6) is 2.44. The quantitative estimate of drug-likeness (QED) is 0.148. The molecule has 0 saturated carbocycles. The third kappa shape index (κ3) is 5.73. The lowest BCUT2D eigenvalue weighted by atomic mass is 9.91. The maximum atomic E-state index is 6.73. The van der Waals surface area contributed by atoms with E-state index in [2.05, 4.69) is 116 Å². The number of aliphatic imine (C=N–C) groups is 2. The molecule has 1 aliphatic carbocycles. The zero-order valence-electron chi connectivity index (χ0n) is 26.8. The Balaban J connectivity index is 1.10. The normalized spacial score (nSPS) is 14.8. The van der Waals surface area contributed by atoms with Crippen LogP contribution in [-0.2, 0) is 6.54 Å². The van der Waals surface area contributed by atoms with Crippen LogP contribution in [0.3, 0.4) is 0 Å². The highest BCUT2D eigenvalue weighted by molar-refractivity contribution is 6.11. The molecule has 0 fully saturated rings. The molecule has 4 heteroatoms. The van der Waals surface area contributed by atoms with Gasteiger partial charge in [0.05, 0.1) is 6.54 Å². The van der Waals surface area contributed by atoms with Gasteiger partial charge in [-0.2, -0.15) is 0 Å². The molecule has 0 radical (unpaired) electrons. The molecule has 1 aromatic heterocycles. The summed E-state index contributed by atoms with van der Waals surface area (Å²) in [4.78, 5) is 9.88. The lowest BCUT2D eigenvalue weighted by molar-refractivity contribution is 0.504. The van der Waals surface area contributed by atoms with Gasteiger partial charge < -0.3 is 10.2 Å². The summed E-state index contributed by atoms with van der Waals surface area (Å²) in [5.41, 5.74) is 16.2. The number of nitrogens with two attached hydrogens (primary N) is 1. The lowest BCUT2D eigenvalue weighted by Crippen LogP contribution is -2.16. The molecule has 0 saturated heterocycles. The van der Waals surface area contributed by atoms with Crippen LogP contribution >= 0.6 is 0 Å². The maximum Gasteiger partial charge on any atom is 0.157 e. The van der Waals surface area contributed by atoms with Gasteiger partial charge in [-0.15, -0.1) is 0 Å². The maximum absolute atomic E-state index is 6.73. The van der Waals surface area contributed by atoms with E-state index in [0.717, 1.165) is 51.0 Å².